The normalized spacial score (nSPS) is 17.7. The number of rotatable bonds is 7. The van der Waals surface area contributed by atoms with Crippen LogP contribution in [0.5, 0.6) is 0 Å². The van der Waals surface area contributed by atoms with Crippen LogP contribution in [-0.2, 0) is 16.9 Å². The summed E-state index contributed by atoms with van der Waals surface area (Å²) in [5.41, 5.74) is 1.93. The second-order valence-electron chi connectivity index (χ2n) is 8.62. The lowest BCUT2D eigenvalue weighted by Gasteiger charge is -2.22. The first-order chi connectivity index (χ1) is 16.8. The quantitative estimate of drug-likeness (QED) is 0.322. The molecule has 0 unspecified atom stereocenters. The summed E-state index contributed by atoms with van der Waals surface area (Å²) >= 11 is 0. The third-order valence-corrected chi connectivity index (χ3v) is 6.38. The van der Waals surface area contributed by atoms with Crippen LogP contribution in [0.25, 0.3) is 5.69 Å². The summed E-state index contributed by atoms with van der Waals surface area (Å²) in [6, 6.07) is 11.8. The Morgan fingerprint density at radius 3 is 2.69 bits per heavy atom. The lowest BCUT2D eigenvalue weighted by Crippen LogP contribution is -2.41. The maximum Gasteiger partial charge on any atom is 0.325 e. The van der Waals surface area contributed by atoms with E-state index in [9.17, 15) is 14.4 Å². The summed E-state index contributed by atoms with van der Waals surface area (Å²) in [7, 11) is 0. The number of amides is 3. The van der Waals surface area contributed by atoms with E-state index in [-0.39, 0.29) is 12.3 Å². The maximum atomic E-state index is 13.4. The Bertz CT molecular complexity index is 1420. The van der Waals surface area contributed by atoms with Gasteiger partial charge in [-0.2, -0.15) is 0 Å². The van der Waals surface area contributed by atoms with Gasteiger partial charge in [0.15, 0.2) is 5.78 Å². The summed E-state index contributed by atoms with van der Waals surface area (Å²) < 4.78 is 8.84. The zero-order chi connectivity index (χ0) is 24.7. The number of ketones is 1. The van der Waals surface area contributed by atoms with Crippen molar-refractivity contribution in [1.82, 2.24) is 35.0 Å². The molecule has 0 spiro atoms. The van der Waals surface area contributed by atoms with Crippen LogP contribution in [0.2, 0.25) is 0 Å². The molecule has 0 saturated carbocycles. The van der Waals surface area contributed by atoms with E-state index in [0.717, 1.165) is 22.0 Å². The smallest absolute Gasteiger partial charge is 0.325 e. The molecule has 4 heterocycles. The molecule has 178 valence electrons. The molecule has 1 aromatic carbocycles. The van der Waals surface area contributed by atoms with E-state index in [0.29, 0.717) is 23.4 Å². The third-order valence-electron chi connectivity index (χ3n) is 6.38. The van der Waals surface area contributed by atoms with Crippen LogP contribution in [0.1, 0.15) is 40.0 Å². The maximum absolute atomic E-state index is 13.4. The van der Waals surface area contributed by atoms with Crippen molar-refractivity contribution in [2.24, 2.45) is 0 Å². The molecule has 35 heavy (non-hydrogen) atoms. The van der Waals surface area contributed by atoms with Gasteiger partial charge >= 0.3 is 6.03 Å². The largest absolute Gasteiger partial charge is 0.467 e. The summed E-state index contributed by atoms with van der Waals surface area (Å²) in [6.07, 6.45) is 3.03. The molecular weight excluding hydrogens is 450 g/mol. The molecule has 0 radical (unpaired) electrons. The summed E-state index contributed by atoms with van der Waals surface area (Å²) in [4.78, 5) is 40.4. The second-order valence-corrected chi connectivity index (χ2v) is 8.62. The second kappa shape index (κ2) is 8.35. The number of tetrazole rings is 1. The lowest BCUT2D eigenvalue weighted by atomic mass is 9.91. The Morgan fingerprint density at radius 2 is 1.97 bits per heavy atom. The highest BCUT2D eigenvalue weighted by molar-refractivity contribution is 6.11. The number of aryl methyl sites for hydroxylation is 1. The number of imide groups is 1. The van der Waals surface area contributed by atoms with Crippen molar-refractivity contribution in [3.8, 4) is 5.69 Å². The van der Waals surface area contributed by atoms with E-state index in [1.165, 1.54) is 11.0 Å². The van der Waals surface area contributed by atoms with Crippen LogP contribution in [0.15, 0.2) is 59.5 Å². The fraction of sp³-hybridized carbons (Fsp3) is 0.250. The van der Waals surface area contributed by atoms with Gasteiger partial charge in [-0.25, -0.2) is 9.48 Å². The molecule has 1 N–H and O–H groups in total. The Balaban J connectivity index is 1.38. The number of nitrogens with one attached hydrogen (secondary N) is 1. The van der Waals surface area contributed by atoms with Crippen LogP contribution in [0, 0.1) is 13.8 Å². The molecule has 4 aromatic rings. The van der Waals surface area contributed by atoms with E-state index in [1.807, 2.05) is 30.5 Å². The van der Waals surface area contributed by atoms with Crippen LogP contribution in [0.3, 0.4) is 0 Å². The predicted molar refractivity (Wildman–Crippen MR) is 123 cm³/mol. The first-order valence-electron chi connectivity index (χ1n) is 11.0. The van der Waals surface area contributed by atoms with Gasteiger partial charge < -0.3 is 14.3 Å². The molecule has 5 rings (SSSR count). The number of aromatic nitrogens is 5. The van der Waals surface area contributed by atoms with Crippen LogP contribution in [0.4, 0.5) is 4.79 Å². The van der Waals surface area contributed by atoms with Gasteiger partial charge in [-0.15, -0.1) is 5.10 Å². The standard InChI is InChI=1S/C24H23N7O4/c1-15-10-20(16(2)29(15)12-19-8-5-9-35-19)21(32)13-30-22(33)24(3,26-23(30)34)17-6-4-7-18(11-17)31-14-25-27-28-31/h4-11,14H,12-13H2,1-3H3,(H,26,34)/t24-/m1/s1. The molecule has 3 aromatic heterocycles. The van der Waals surface area contributed by atoms with E-state index in [4.69, 9.17) is 4.42 Å². The SMILES string of the molecule is Cc1cc(C(=O)CN2C(=O)N[C@](C)(c3cccc(-n4cnnn4)c3)C2=O)c(C)n1Cc1ccco1. The van der Waals surface area contributed by atoms with Gasteiger partial charge in [0.2, 0.25) is 0 Å². The van der Waals surface area contributed by atoms with E-state index in [2.05, 4.69) is 20.8 Å². The van der Waals surface area contributed by atoms with E-state index < -0.39 is 17.5 Å². The molecular formula is C24H23N7O4. The van der Waals surface area contributed by atoms with Crippen molar-refractivity contribution in [3.63, 3.8) is 0 Å². The van der Waals surface area contributed by atoms with Crippen molar-refractivity contribution in [3.05, 3.63) is 83.3 Å². The Morgan fingerprint density at radius 1 is 1.14 bits per heavy atom. The highest BCUT2D eigenvalue weighted by Gasteiger charge is 2.49. The Hall–Kier alpha value is -4.54. The van der Waals surface area contributed by atoms with E-state index >= 15 is 0 Å². The minimum absolute atomic E-state index is 0.320. The molecule has 1 atom stereocenters. The van der Waals surface area contributed by atoms with Crippen molar-refractivity contribution >= 4 is 17.7 Å². The van der Waals surface area contributed by atoms with Gasteiger partial charge in [-0.1, -0.05) is 12.1 Å². The van der Waals surface area contributed by atoms with Crippen molar-refractivity contribution in [2.75, 3.05) is 6.54 Å². The minimum atomic E-state index is -1.34. The van der Waals surface area contributed by atoms with Gasteiger partial charge in [-0.05, 0) is 67.1 Å². The number of furan rings is 1. The average molecular weight is 473 g/mol. The number of nitrogens with zero attached hydrogens (tertiary/aromatic N) is 6. The first-order valence-corrected chi connectivity index (χ1v) is 11.0. The molecule has 0 bridgehead atoms. The number of Topliss-reactive ketones (excluding diaryl/α,β-unsaturated/α-hetero) is 1. The summed E-state index contributed by atoms with van der Waals surface area (Å²) in [5.74, 6) is -0.0623. The lowest BCUT2D eigenvalue weighted by molar-refractivity contribution is -0.130. The number of carbonyl (C=O) groups excluding carboxylic acids is 3. The van der Waals surface area contributed by atoms with E-state index in [1.54, 1.807) is 43.5 Å². The number of hydrogen-bond donors (Lipinski definition) is 1. The molecule has 1 aliphatic rings. The monoisotopic (exact) mass is 473 g/mol. The number of hydrogen-bond acceptors (Lipinski definition) is 7. The Labute approximate surface area is 200 Å². The zero-order valence-corrected chi connectivity index (χ0v) is 19.4. The van der Waals surface area contributed by atoms with Crippen molar-refractivity contribution in [1.29, 1.82) is 0 Å². The number of carbonyl (C=O) groups is 3. The van der Waals surface area contributed by atoms with Crippen LogP contribution in [-0.4, -0.2) is 53.9 Å². The van der Waals surface area contributed by atoms with Crippen LogP contribution >= 0.6 is 0 Å². The number of benzene rings is 1. The first kappa shape index (κ1) is 22.3. The predicted octanol–water partition coefficient (Wildman–Crippen LogP) is 2.37. The summed E-state index contributed by atoms with van der Waals surface area (Å²) in [5, 5.41) is 13.8. The molecule has 0 aliphatic carbocycles. The Kier molecular flexibility index (Phi) is 5.31. The highest BCUT2D eigenvalue weighted by atomic mass is 16.3. The van der Waals surface area contributed by atoms with Gasteiger partial charge in [0, 0.05) is 17.0 Å². The molecule has 11 nitrogen and oxygen atoms in total. The van der Waals surface area contributed by atoms with Gasteiger partial charge in [0.25, 0.3) is 5.91 Å². The molecule has 1 aliphatic heterocycles. The third kappa shape index (κ3) is 3.80. The molecule has 11 heteroatoms. The van der Waals surface area contributed by atoms with Crippen molar-refractivity contribution in [2.45, 2.75) is 32.9 Å². The van der Waals surface area contributed by atoms with Crippen LogP contribution < -0.4 is 5.32 Å². The summed E-state index contributed by atoms with van der Waals surface area (Å²) in [6.45, 7) is 5.47. The minimum Gasteiger partial charge on any atom is -0.467 e. The van der Waals surface area contributed by atoms with Gasteiger partial charge in [0.05, 0.1) is 25.0 Å². The fourth-order valence-corrected chi connectivity index (χ4v) is 4.39. The molecule has 3 amide bonds. The molecule has 1 fully saturated rings. The van der Waals surface area contributed by atoms with Gasteiger partial charge in [0.1, 0.15) is 17.6 Å². The topological polar surface area (TPSA) is 128 Å². The van der Waals surface area contributed by atoms with Crippen molar-refractivity contribution < 1.29 is 18.8 Å². The fourth-order valence-electron chi connectivity index (χ4n) is 4.39. The van der Waals surface area contributed by atoms with Gasteiger partial charge in [-0.3, -0.25) is 14.5 Å². The average Bonchev–Trinajstić information content (AvgIpc) is 3.64. The highest BCUT2D eigenvalue weighted by Crippen LogP contribution is 2.30. The number of urea groups is 1. The molecule has 1 saturated heterocycles. The zero-order valence-electron chi connectivity index (χ0n) is 19.4.